The lowest BCUT2D eigenvalue weighted by molar-refractivity contribution is 0.686. The van der Waals surface area contributed by atoms with Crippen molar-refractivity contribution in [3.8, 4) is 0 Å². The summed E-state index contributed by atoms with van der Waals surface area (Å²) in [5, 5.41) is 4.06. The standard InChI is InChI=1S/C9H10BrNOS/c10-4-3-7-1-2-8-9(5-7)13(12)6-11-8/h1-2,5,11H,3-4,6H2. The van der Waals surface area contributed by atoms with Gasteiger partial charge in [0.2, 0.25) is 0 Å². The third-order valence-electron chi connectivity index (χ3n) is 2.07. The molecule has 0 spiro atoms. The summed E-state index contributed by atoms with van der Waals surface area (Å²) in [6.45, 7) is 0. The minimum atomic E-state index is -0.838. The van der Waals surface area contributed by atoms with Crippen LogP contribution in [0.25, 0.3) is 0 Å². The lowest BCUT2D eigenvalue weighted by atomic mass is 10.1. The molecule has 1 N–H and O–H groups in total. The van der Waals surface area contributed by atoms with Crippen LogP contribution in [-0.2, 0) is 17.2 Å². The largest absolute Gasteiger partial charge is 0.372 e. The Balaban J connectivity index is 2.36. The number of aryl methyl sites for hydroxylation is 1. The number of anilines is 1. The number of hydrogen-bond acceptors (Lipinski definition) is 2. The fourth-order valence-electron chi connectivity index (χ4n) is 1.39. The number of benzene rings is 1. The Bertz CT molecular complexity index is 353. The number of alkyl halides is 1. The molecule has 2 nitrogen and oxygen atoms in total. The summed E-state index contributed by atoms with van der Waals surface area (Å²) in [4.78, 5) is 0.957. The second-order valence-corrected chi connectivity index (χ2v) is 5.15. The molecular formula is C9H10BrNOS. The molecule has 1 unspecified atom stereocenters. The van der Waals surface area contributed by atoms with E-state index in [4.69, 9.17) is 0 Å². The minimum absolute atomic E-state index is 0.563. The molecule has 0 aromatic heterocycles. The molecule has 0 aliphatic carbocycles. The first-order valence-electron chi connectivity index (χ1n) is 4.12. The van der Waals surface area contributed by atoms with Gasteiger partial charge < -0.3 is 5.32 Å². The van der Waals surface area contributed by atoms with Crippen molar-refractivity contribution in [2.24, 2.45) is 0 Å². The molecule has 2 rings (SSSR count). The van der Waals surface area contributed by atoms with E-state index in [1.807, 2.05) is 12.1 Å². The number of rotatable bonds is 2. The first-order chi connectivity index (χ1) is 6.31. The summed E-state index contributed by atoms with van der Waals surface area (Å²) in [6.07, 6.45) is 0.991. The molecule has 1 aromatic rings. The molecule has 1 aromatic carbocycles. The van der Waals surface area contributed by atoms with Crippen LogP contribution in [0.2, 0.25) is 0 Å². The van der Waals surface area contributed by atoms with E-state index in [9.17, 15) is 4.21 Å². The van der Waals surface area contributed by atoms with Crippen molar-refractivity contribution in [3.63, 3.8) is 0 Å². The summed E-state index contributed by atoms with van der Waals surface area (Å²) in [7, 11) is -0.838. The van der Waals surface area contributed by atoms with Crippen LogP contribution in [0.5, 0.6) is 0 Å². The Morgan fingerprint density at radius 3 is 3.15 bits per heavy atom. The van der Waals surface area contributed by atoms with Gasteiger partial charge in [0.1, 0.15) is 0 Å². The summed E-state index contributed by atoms with van der Waals surface area (Å²) in [6, 6.07) is 6.13. The third-order valence-corrected chi connectivity index (χ3v) is 3.70. The van der Waals surface area contributed by atoms with Gasteiger partial charge in [0.25, 0.3) is 0 Å². The van der Waals surface area contributed by atoms with Crippen LogP contribution in [0.15, 0.2) is 23.1 Å². The summed E-state index contributed by atoms with van der Waals surface area (Å²) in [5.74, 6) is 0.563. The van der Waals surface area contributed by atoms with Gasteiger partial charge in [-0.1, -0.05) is 22.0 Å². The van der Waals surface area contributed by atoms with Crippen LogP contribution in [0.3, 0.4) is 0 Å². The maximum Gasteiger partial charge on any atom is 0.0959 e. The van der Waals surface area contributed by atoms with E-state index in [1.54, 1.807) is 0 Å². The van der Waals surface area contributed by atoms with Gasteiger partial charge in [-0.25, -0.2) is 0 Å². The van der Waals surface area contributed by atoms with Crippen LogP contribution in [0.4, 0.5) is 5.69 Å². The highest BCUT2D eigenvalue weighted by atomic mass is 79.9. The summed E-state index contributed by atoms with van der Waals surface area (Å²) in [5.41, 5.74) is 2.27. The van der Waals surface area contributed by atoms with E-state index in [1.165, 1.54) is 5.56 Å². The topological polar surface area (TPSA) is 29.1 Å². The van der Waals surface area contributed by atoms with Crippen LogP contribution in [0.1, 0.15) is 5.56 Å². The monoisotopic (exact) mass is 259 g/mol. The van der Waals surface area contributed by atoms with Gasteiger partial charge in [-0.2, -0.15) is 0 Å². The number of halogens is 1. The van der Waals surface area contributed by atoms with Gasteiger partial charge in [0.05, 0.1) is 27.3 Å². The number of fused-ring (bicyclic) bond motifs is 1. The van der Waals surface area contributed by atoms with Crippen molar-refractivity contribution in [2.45, 2.75) is 11.3 Å². The quantitative estimate of drug-likeness (QED) is 0.825. The molecular weight excluding hydrogens is 250 g/mol. The zero-order chi connectivity index (χ0) is 9.26. The molecule has 0 amide bonds. The van der Waals surface area contributed by atoms with Crippen molar-refractivity contribution in [1.82, 2.24) is 0 Å². The zero-order valence-corrected chi connectivity index (χ0v) is 9.45. The molecule has 0 saturated heterocycles. The smallest absolute Gasteiger partial charge is 0.0959 e. The summed E-state index contributed by atoms with van der Waals surface area (Å²) < 4.78 is 11.5. The van der Waals surface area contributed by atoms with Crippen LogP contribution in [0, 0.1) is 0 Å². The van der Waals surface area contributed by atoms with E-state index in [0.29, 0.717) is 5.88 Å². The lowest BCUT2D eigenvalue weighted by Gasteiger charge is -2.01. The molecule has 13 heavy (non-hydrogen) atoms. The SMILES string of the molecule is O=S1CNc2ccc(CCBr)cc21. The average molecular weight is 260 g/mol. The average Bonchev–Trinajstić information content (AvgIpc) is 2.49. The van der Waals surface area contributed by atoms with Crippen LogP contribution in [-0.4, -0.2) is 15.4 Å². The van der Waals surface area contributed by atoms with E-state index < -0.39 is 10.8 Å². The molecule has 4 heteroatoms. The molecule has 1 aliphatic rings. The molecule has 0 fully saturated rings. The Labute approximate surface area is 88.3 Å². The zero-order valence-electron chi connectivity index (χ0n) is 7.05. The normalized spacial score (nSPS) is 19.6. The van der Waals surface area contributed by atoms with E-state index in [-0.39, 0.29) is 0 Å². The van der Waals surface area contributed by atoms with E-state index >= 15 is 0 Å². The Morgan fingerprint density at radius 1 is 1.54 bits per heavy atom. The van der Waals surface area contributed by atoms with Crippen LogP contribution < -0.4 is 5.32 Å². The lowest BCUT2D eigenvalue weighted by Crippen LogP contribution is -1.94. The first kappa shape index (κ1) is 9.21. The van der Waals surface area contributed by atoms with Crippen molar-refractivity contribution in [1.29, 1.82) is 0 Å². The number of nitrogens with one attached hydrogen (secondary N) is 1. The minimum Gasteiger partial charge on any atom is -0.372 e. The Hall–Kier alpha value is -0.350. The van der Waals surface area contributed by atoms with Gasteiger partial charge in [0, 0.05) is 5.33 Å². The molecule has 70 valence electrons. The predicted molar refractivity (Wildman–Crippen MR) is 58.8 cm³/mol. The van der Waals surface area contributed by atoms with Gasteiger partial charge in [-0.3, -0.25) is 4.21 Å². The highest BCUT2D eigenvalue weighted by Gasteiger charge is 2.16. The molecule has 1 heterocycles. The highest BCUT2D eigenvalue weighted by molar-refractivity contribution is 9.09. The Kier molecular flexibility index (Phi) is 2.69. The molecule has 0 bridgehead atoms. The first-order valence-corrected chi connectivity index (χ1v) is 6.56. The fourth-order valence-corrected chi connectivity index (χ4v) is 2.96. The molecule has 1 aliphatic heterocycles. The second kappa shape index (κ2) is 3.80. The van der Waals surface area contributed by atoms with E-state index in [2.05, 4.69) is 27.3 Å². The van der Waals surface area contributed by atoms with Crippen molar-refractivity contribution in [3.05, 3.63) is 23.8 Å². The molecule has 0 radical (unpaired) electrons. The predicted octanol–water partition coefficient (Wildman–Crippen LogP) is 2.11. The fraction of sp³-hybridized carbons (Fsp3) is 0.333. The van der Waals surface area contributed by atoms with Crippen molar-refractivity contribution < 1.29 is 4.21 Å². The van der Waals surface area contributed by atoms with E-state index in [0.717, 1.165) is 22.3 Å². The second-order valence-electron chi connectivity index (χ2n) is 2.94. The maximum absolute atomic E-state index is 11.5. The number of hydrogen-bond donors (Lipinski definition) is 1. The molecule has 0 saturated carbocycles. The van der Waals surface area contributed by atoms with Crippen molar-refractivity contribution in [2.75, 3.05) is 16.5 Å². The van der Waals surface area contributed by atoms with Gasteiger partial charge >= 0.3 is 0 Å². The van der Waals surface area contributed by atoms with Crippen LogP contribution >= 0.6 is 15.9 Å². The summed E-state index contributed by atoms with van der Waals surface area (Å²) >= 11 is 3.39. The third kappa shape index (κ3) is 1.79. The highest BCUT2D eigenvalue weighted by Crippen LogP contribution is 2.26. The van der Waals surface area contributed by atoms with Gasteiger partial charge in [0.15, 0.2) is 0 Å². The maximum atomic E-state index is 11.5. The van der Waals surface area contributed by atoms with Gasteiger partial charge in [-0.05, 0) is 24.1 Å². The van der Waals surface area contributed by atoms with Crippen molar-refractivity contribution >= 4 is 32.4 Å². The molecule has 1 atom stereocenters. The van der Waals surface area contributed by atoms with Gasteiger partial charge in [-0.15, -0.1) is 0 Å². The Morgan fingerprint density at radius 2 is 2.38 bits per heavy atom.